The molecular weight excluding hydrogens is 432 g/mol. The number of halogens is 3. The molecule has 3 aromatic rings. The molecule has 3 rings (SSSR count). The number of amidine groups is 1. The van der Waals surface area contributed by atoms with Crippen LogP contribution in [0.25, 0.3) is 0 Å². The fourth-order valence-corrected chi connectivity index (χ4v) is 2.79. The number of hydrogen-bond acceptors (Lipinski definition) is 4. The predicted molar refractivity (Wildman–Crippen MR) is 114 cm³/mol. The van der Waals surface area contributed by atoms with Crippen LogP contribution in [0.1, 0.15) is 26.3 Å². The Labute approximate surface area is 180 Å². The first-order chi connectivity index (χ1) is 14.2. The molecule has 0 saturated carbocycles. The van der Waals surface area contributed by atoms with Gasteiger partial charge in [0.1, 0.15) is 17.5 Å². The van der Waals surface area contributed by atoms with Crippen molar-refractivity contribution in [2.75, 3.05) is 10.6 Å². The van der Waals surface area contributed by atoms with E-state index in [-0.39, 0.29) is 39.1 Å². The van der Waals surface area contributed by atoms with E-state index in [0.717, 1.165) is 6.07 Å². The second kappa shape index (κ2) is 8.89. The van der Waals surface area contributed by atoms with Crippen LogP contribution >= 0.6 is 23.2 Å². The highest BCUT2D eigenvalue weighted by molar-refractivity contribution is 6.31. The summed E-state index contributed by atoms with van der Waals surface area (Å²) in [6, 6.07) is 10.9. The van der Waals surface area contributed by atoms with Gasteiger partial charge < -0.3 is 16.4 Å². The van der Waals surface area contributed by atoms with E-state index in [1.165, 1.54) is 42.6 Å². The van der Waals surface area contributed by atoms with E-state index < -0.39 is 17.6 Å². The summed E-state index contributed by atoms with van der Waals surface area (Å²) in [4.78, 5) is 29.2. The Morgan fingerprint density at radius 1 is 0.933 bits per heavy atom. The standard InChI is InChI=1S/C20H14Cl2FN5O2/c21-11-2-5-16(14(8-11)20(30)28-17-6-3-12(22)9-26-17)27-19(29)13-4-1-10(18(24)25)7-15(13)23/h1-9H,(H3,24,25)(H,27,29)(H,26,28,30). The monoisotopic (exact) mass is 445 g/mol. The number of nitrogen functional groups attached to an aromatic ring is 1. The maximum absolute atomic E-state index is 14.3. The van der Waals surface area contributed by atoms with Crippen LogP contribution in [0.2, 0.25) is 10.0 Å². The summed E-state index contributed by atoms with van der Waals surface area (Å²) in [5.41, 5.74) is 5.35. The molecule has 7 nitrogen and oxygen atoms in total. The predicted octanol–water partition coefficient (Wildman–Crippen LogP) is 4.32. The Hall–Kier alpha value is -3.49. The van der Waals surface area contributed by atoms with Crippen LogP contribution in [0.15, 0.2) is 54.7 Å². The van der Waals surface area contributed by atoms with Crippen molar-refractivity contribution in [3.63, 3.8) is 0 Å². The van der Waals surface area contributed by atoms with E-state index >= 15 is 0 Å². The molecule has 0 radical (unpaired) electrons. The highest BCUT2D eigenvalue weighted by atomic mass is 35.5. The molecule has 0 aliphatic rings. The van der Waals surface area contributed by atoms with Crippen molar-refractivity contribution in [2.24, 2.45) is 5.73 Å². The van der Waals surface area contributed by atoms with Crippen LogP contribution in [0, 0.1) is 11.2 Å². The number of benzene rings is 2. The van der Waals surface area contributed by atoms with Gasteiger partial charge in [-0.05, 0) is 42.5 Å². The second-order valence-corrected chi connectivity index (χ2v) is 6.94. The third kappa shape index (κ3) is 4.91. The SMILES string of the molecule is N=C(N)c1ccc(C(=O)Nc2ccc(Cl)cc2C(=O)Nc2ccc(Cl)cn2)c(F)c1. The van der Waals surface area contributed by atoms with E-state index in [9.17, 15) is 14.0 Å². The number of carbonyl (C=O) groups is 2. The Balaban J connectivity index is 1.86. The fourth-order valence-electron chi connectivity index (χ4n) is 2.50. The quantitative estimate of drug-likeness (QED) is 0.345. The maximum atomic E-state index is 14.3. The third-order valence-corrected chi connectivity index (χ3v) is 4.43. The van der Waals surface area contributed by atoms with Crippen molar-refractivity contribution < 1.29 is 14.0 Å². The summed E-state index contributed by atoms with van der Waals surface area (Å²) in [6.07, 6.45) is 1.37. The molecule has 0 aliphatic heterocycles. The maximum Gasteiger partial charge on any atom is 0.258 e. The summed E-state index contributed by atoms with van der Waals surface area (Å²) in [7, 11) is 0. The number of anilines is 2. The van der Waals surface area contributed by atoms with Crippen molar-refractivity contribution in [1.29, 1.82) is 5.41 Å². The molecule has 10 heteroatoms. The lowest BCUT2D eigenvalue weighted by molar-refractivity contribution is 0.102. The zero-order valence-corrected chi connectivity index (χ0v) is 16.7. The fraction of sp³-hybridized carbons (Fsp3) is 0. The molecular formula is C20H14Cl2FN5O2. The molecule has 0 unspecified atom stereocenters. The van der Waals surface area contributed by atoms with Gasteiger partial charge in [0.25, 0.3) is 11.8 Å². The Bertz CT molecular complexity index is 1150. The number of pyridine rings is 1. The lowest BCUT2D eigenvalue weighted by Gasteiger charge is -2.12. The molecule has 1 heterocycles. The molecule has 152 valence electrons. The molecule has 2 aromatic carbocycles. The molecule has 0 saturated heterocycles. The zero-order valence-electron chi connectivity index (χ0n) is 15.2. The normalized spacial score (nSPS) is 10.4. The lowest BCUT2D eigenvalue weighted by atomic mass is 10.1. The first-order valence-corrected chi connectivity index (χ1v) is 9.18. The zero-order chi connectivity index (χ0) is 21.8. The van der Waals surface area contributed by atoms with E-state index in [1.54, 1.807) is 6.07 Å². The first kappa shape index (κ1) is 21.2. The van der Waals surface area contributed by atoms with Gasteiger partial charge in [0.15, 0.2) is 0 Å². The molecule has 2 amide bonds. The summed E-state index contributed by atoms with van der Waals surface area (Å²) in [6.45, 7) is 0. The molecule has 30 heavy (non-hydrogen) atoms. The number of nitrogens with two attached hydrogens (primary N) is 1. The number of hydrogen-bond donors (Lipinski definition) is 4. The minimum atomic E-state index is -0.856. The van der Waals surface area contributed by atoms with Crippen molar-refractivity contribution in [2.45, 2.75) is 0 Å². The van der Waals surface area contributed by atoms with Crippen molar-refractivity contribution in [3.05, 3.63) is 87.3 Å². The summed E-state index contributed by atoms with van der Waals surface area (Å²) in [5.74, 6) is -2.31. The number of carbonyl (C=O) groups excluding carboxylic acids is 2. The average Bonchev–Trinajstić information content (AvgIpc) is 2.70. The van der Waals surface area contributed by atoms with Gasteiger partial charge in [0, 0.05) is 16.8 Å². The summed E-state index contributed by atoms with van der Waals surface area (Å²) >= 11 is 11.8. The van der Waals surface area contributed by atoms with Gasteiger partial charge in [0.2, 0.25) is 0 Å². The molecule has 0 aliphatic carbocycles. The third-order valence-electron chi connectivity index (χ3n) is 3.97. The molecule has 0 fully saturated rings. The molecule has 0 atom stereocenters. The van der Waals surface area contributed by atoms with Crippen molar-refractivity contribution in [1.82, 2.24) is 4.98 Å². The van der Waals surface area contributed by atoms with E-state index in [1.807, 2.05) is 0 Å². The van der Waals surface area contributed by atoms with Crippen LogP contribution in [-0.2, 0) is 0 Å². The average molecular weight is 446 g/mol. The topological polar surface area (TPSA) is 121 Å². The minimum absolute atomic E-state index is 0.0494. The molecule has 5 N–H and O–H groups in total. The molecule has 0 bridgehead atoms. The van der Waals surface area contributed by atoms with Gasteiger partial charge >= 0.3 is 0 Å². The van der Waals surface area contributed by atoms with Gasteiger partial charge in [-0.1, -0.05) is 29.3 Å². The molecule has 0 spiro atoms. The van der Waals surface area contributed by atoms with Crippen LogP contribution in [0.5, 0.6) is 0 Å². The van der Waals surface area contributed by atoms with Gasteiger partial charge in [-0.25, -0.2) is 9.37 Å². The van der Waals surface area contributed by atoms with E-state index in [4.69, 9.17) is 34.3 Å². The van der Waals surface area contributed by atoms with Gasteiger partial charge in [-0.15, -0.1) is 0 Å². The number of nitrogens with zero attached hydrogens (tertiary/aromatic N) is 1. The van der Waals surface area contributed by atoms with Crippen molar-refractivity contribution in [3.8, 4) is 0 Å². The number of nitrogens with one attached hydrogen (secondary N) is 3. The van der Waals surface area contributed by atoms with Gasteiger partial charge in [-0.3, -0.25) is 15.0 Å². The summed E-state index contributed by atoms with van der Waals surface area (Å²) in [5, 5.41) is 13.1. The number of amides is 2. The number of rotatable bonds is 5. The number of aromatic nitrogens is 1. The van der Waals surface area contributed by atoms with Crippen LogP contribution in [0.4, 0.5) is 15.9 Å². The van der Waals surface area contributed by atoms with Gasteiger partial charge in [-0.2, -0.15) is 0 Å². The first-order valence-electron chi connectivity index (χ1n) is 8.42. The van der Waals surface area contributed by atoms with E-state index in [0.29, 0.717) is 5.02 Å². The Kier molecular flexibility index (Phi) is 6.29. The minimum Gasteiger partial charge on any atom is -0.384 e. The van der Waals surface area contributed by atoms with E-state index in [2.05, 4.69) is 15.6 Å². The van der Waals surface area contributed by atoms with Crippen molar-refractivity contribution >= 4 is 52.4 Å². The molecule has 1 aromatic heterocycles. The van der Waals surface area contributed by atoms with Crippen LogP contribution < -0.4 is 16.4 Å². The smallest absolute Gasteiger partial charge is 0.258 e. The highest BCUT2D eigenvalue weighted by Gasteiger charge is 2.18. The Morgan fingerprint density at radius 3 is 2.27 bits per heavy atom. The van der Waals surface area contributed by atoms with Gasteiger partial charge in [0.05, 0.1) is 21.8 Å². The highest BCUT2D eigenvalue weighted by Crippen LogP contribution is 2.23. The largest absolute Gasteiger partial charge is 0.384 e. The lowest BCUT2D eigenvalue weighted by Crippen LogP contribution is -2.20. The summed E-state index contributed by atoms with van der Waals surface area (Å²) < 4.78 is 14.3. The Morgan fingerprint density at radius 2 is 1.63 bits per heavy atom. The van der Waals surface area contributed by atoms with Crippen LogP contribution in [-0.4, -0.2) is 22.6 Å². The van der Waals surface area contributed by atoms with Crippen LogP contribution in [0.3, 0.4) is 0 Å². The second-order valence-electron chi connectivity index (χ2n) is 6.07.